The number of para-hydroxylation sites is 1. The third-order valence-corrected chi connectivity index (χ3v) is 2.82. The van der Waals surface area contributed by atoms with E-state index in [4.69, 9.17) is 4.74 Å². The quantitative estimate of drug-likeness (QED) is 0.581. The maximum Gasteiger partial charge on any atom is 0.296 e. The topological polar surface area (TPSA) is 55.6 Å². The minimum Gasteiger partial charge on any atom is -0.494 e. The van der Waals surface area contributed by atoms with Crippen LogP contribution in [-0.2, 0) is 0 Å². The van der Waals surface area contributed by atoms with Crippen molar-refractivity contribution in [2.24, 2.45) is 0 Å². The van der Waals surface area contributed by atoms with Crippen LogP contribution in [0, 0.1) is 10.1 Å². The van der Waals surface area contributed by atoms with Gasteiger partial charge in [0.25, 0.3) is 5.69 Å². The van der Waals surface area contributed by atoms with Crippen LogP contribution < -0.4 is 9.64 Å². The highest BCUT2D eigenvalue weighted by molar-refractivity contribution is 5.71. The highest BCUT2D eigenvalue weighted by Crippen LogP contribution is 2.38. The Morgan fingerprint density at radius 3 is 2.62 bits per heavy atom. The molecule has 0 aliphatic carbocycles. The Morgan fingerprint density at radius 1 is 1.38 bits per heavy atom. The summed E-state index contributed by atoms with van der Waals surface area (Å²) >= 11 is 0. The van der Waals surface area contributed by atoms with Crippen LogP contribution in [0.3, 0.4) is 0 Å². The van der Waals surface area contributed by atoms with Crippen LogP contribution in [0.5, 0.6) is 5.75 Å². The van der Waals surface area contributed by atoms with Gasteiger partial charge in [0.2, 0.25) is 0 Å². The smallest absolute Gasteiger partial charge is 0.296 e. The molecule has 0 atom stereocenters. The Morgan fingerprint density at radius 2 is 2.06 bits per heavy atom. The van der Waals surface area contributed by atoms with Crippen LogP contribution in [0.15, 0.2) is 18.2 Å². The van der Waals surface area contributed by atoms with Crippen LogP contribution >= 0.6 is 0 Å². The maximum atomic E-state index is 11.0. The first-order valence-electron chi connectivity index (χ1n) is 5.30. The molecular weight excluding hydrogens is 208 g/mol. The van der Waals surface area contributed by atoms with Crippen LogP contribution in [0.25, 0.3) is 0 Å². The zero-order valence-electron chi connectivity index (χ0n) is 9.18. The van der Waals surface area contributed by atoms with Crippen molar-refractivity contribution in [2.75, 3.05) is 25.1 Å². The number of hydrogen-bond donors (Lipinski definition) is 0. The Labute approximate surface area is 93.8 Å². The lowest BCUT2D eigenvalue weighted by Gasteiger charge is -2.19. The van der Waals surface area contributed by atoms with E-state index in [1.54, 1.807) is 19.2 Å². The maximum absolute atomic E-state index is 11.0. The third kappa shape index (κ3) is 1.80. The normalized spacial score (nSPS) is 15.2. The van der Waals surface area contributed by atoms with Crippen LogP contribution in [-0.4, -0.2) is 25.1 Å². The first-order valence-corrected chi connectivity index (χ1v) is 5.30. The van der Waals surface area contributed by atoms with Crippen molar-refractivity contribution in [1.29, 1.82) is 0 Å². The molecule has 1 aromatic carbocycles. The fourth-order valence-corrected chi connectivity index (χ4v) is 2.08. The fourth-order valence-electron chi connectivity index (χ4n) is 2.08. The fraction of sp³-hybridized carbons (Fsp3) is 0.455. The molecule has 0 N–H and O–H groups in total. The summed E-state index contributed by atoms with van der Waals surface area (Å²) in [6.07, 6.45) is 2.16. The lowest BCUT2D eigenvalue weighted by atomic mass is 10.2. The van der Waals surface area contributed by atoms with Gasteiger partial charge in [-0.3, -0.25) is 10.1 Å². The Balaban J connectivity index is 2.48. The van der Waals surface area contributed by atoms with Gasteiger partial charge in [-0.05, 0) is 18.9 Å². The Kier molecular flexibility index (Phi) is 2.94. The van der Waals surface area contributed by atoms with E-state index in [2.05, 4.69) is 0 Å². The number of rotatable bonds is 3. The largest absolute Gasteiger partial charge is 0.494 e. The average Bonchev–Trinajstić information content (AvgIpc) is 2.81. The summed E-state index contributed by atoms with van der Waals surface area (Å²) in [7, 11) is 1.54. The monoisotopic (exact) mass is 222 g/mol. The zero-order valence-corrected chi connectivity index (χ0v) is 9.18. The first kappa shape index (κ1) is 10.7. The molecule has 0 spiro atoms. The first-order chi connectivity index (χ1) is 7.74. The van der Waals surface area contributed by atoms with E-state index in [1.807, 2.05) is 4.90 Å². The van der Waals surface area contributed by atoms with Gasteiger partial charge >= 0.3 is 0 Å². The number of nitro benzene ring substituents is 1. The summed E-state index contributed by atoms with van der Waals surface area (Å²) in [4.78, 5) is 12.6. The predicted octanol–water partition coefficient (Wildman–Crippen LogP) is 2.20. The van der Waals surface area contributed by atoms with Gasteiger partial charge in [0.05, 0.1) is 12.0 Å². The molecule has 5 heteroatoms. The number of benzene rings is 1. The molecule has 1 saturated heterocycles. The molecule has 0 saturated carbocycles. The molecule has 0 amide bonds. The van der Waals surface area contributed by atoms with E-state index >= 15 is 0 Å². The Bertz CT molecular complexity index is 400. The standard InChI is InChI=1S/C11H14N2O3/c1-16-10-6-4-5-9(13(14)15)11(10)12-7-2-3-8-12/h4-6H,2-3,7-8H2,1H3. The SMILES string of the molecule is COc1cccc([N+](=O)[O-])c1N1CCCC1. The lowest BCUT2D eigenvalue weighted by molar-refractivity contribution is -0.384. The summed E-state index contributed by atoms with van der Waals surface area (Å²) in [5.41, 5.74) is 0.744. The molecule has 0 bridgehead atoms. The number of nitro groups is 1. The van der Waals surface area contributed by atoms with Gasteiger partial charge in [0.1, 0.15) is 5.75 Å². The second-order valence-corrected chi connectivity index (χ2v) is 3.78. The second-order valence-electron chi connectivity index (χ2n) is 3.78. The Hall–Kier alpha value is -1.78. The number of anilines is 1. The molecular formula is C11H14N2O3. The number of methoxy groups -OCH3 is 1. The van der Waals surface area contributed by atoms with E-state index in [0.29, 0.717) is 11.4 Å². The molecule has 16 heavy (non-hydrogen) atoms. The summed E-state index contributed by atoms with van der Waals surface area (Å²) in [5, 5.41) is 11.0. The highest BCUT2D eigenvalue weighted by atomic mass is 16.6. The minimum absolute atomic E-state index is 0.126. The van der Waals surface area contributed by atoms with E-state index < -0.39 is 0 Å². The molecule has 0 radical (unpaired) electrons. The van der Waals surface area contributed by atoms with Crippen molar-refractivity contribution in [3.05, 3.63) is 28.3 Å². The van der Waals surface area contributed by atoms with E-state index in [1.165, 1.54) is 6.07 Å². The average molecular weight is 222 g/mol. The molecule has 1 heterocycles. The summed E-state index contributed by atoms with van der Waals surface area (Å²) in [5.74, 6) is 0.580. The van der Waals surface area contributed by atoms with Gasteiger partial charge in [-0.1, -0.05) is 6.07 Å². The summed E-state index contributed by atoms with van der Waals surface area (Å²) < 4.78 is 5.20. The molecule has 0 aromatic heterocycles. The van der Waals surface area contributed by atoms with Gasteiger partial charge in [-0.15, -0.1) is 0 Å². The molecule has 1 fully saturated rings. The summed E-state index contributed by atoms with van der Waals surface area (Å²) in [6.45, 7) is 1.72. The van der Waals surface area contributed by atoms with Crippen LogP contribution in [0.2, 0.25) is 0 Å². The molecule has 1 aliphatic rings. The van der Waals surface area contributed by atoms with E-state index in [9.17, 15) is 10.1 Å². The minimum atomic E-state index is -0.351. The van der Waals surface area contributed by atoms with Crippen molar-refractivity contribution in [3.8, 4) is 5.75 Å². The molecule has 1 aromatic rings. The molecule has 2 rings (SSSR count). The number of ether oxygens (including phenoxy) is 1. The molecule has 0 unspecified atom stereocenters. The number of nitrogens with zero attached hydrogens (tertiary/aromatic N) is 2. The lowest BCUT2D eigenvalue weighted by Crippen LogP contribution is -2.19. The molecule has 86 valence electrons. The zero-order chi connectivity index (χ0) is 11.5. The van der Waals surface area contributed by atoms with Gasteiger partial charge in [0, 0.05) is 19.2 Å². The van der Waals surface area contributed by atoms with E-state index in [0.717, 1.165) is 25.9 Å². The highest BCUT2D eigenvalue weighted by Gasteiger charge is 2.25. The number of hydrogen-bond acceptors (Lipinski definition) is 4. The van der Waals surface area contributed by atoms with Crippen LogP contribution in [0.4, 0.5) is 11.4 Å². The second kappa shape index (κ2) is 4.38. The molecule has 5 nitrogen and oxygen atoms in total. The predicted molar refractivity (Wildman–Crippen MR) is 61.1 cm³/mol. The van der Waals surface area contributed by atoms with Crippen LogP contribution in [0.1, 0.15) is 12.8 Å². The third-order valence-electron chi connectivity index (χ3n) is 2.82. The van der Waals surface area contributed by atoms with Crippen molar-refractivity contribution in [2.45, 2.75) is 12.8 Å². The van der Waals surface area contributed by atoms with Crippen molar-refractivity contribution >= 4 is 11.4 Å². The van der Waals surface area contributed by atoms with Crippen molar-refractivity contribution in [3.63, 3.8) is 0 Å². The van der Waals surface area contributed by atoms with Gasteiger partial charge in [-0.25, -0.2) is 0 Å². The van der Waals surface area contributed by atoms with Crippen molar-refractivity contribution in [1.82, 2.24) is 0 Å². The van der Waals surface area contributed by atoms with Gasteiger partial charge in [-0.2, -0.15) is 0 Å². The summed E-state index contributed by atoms with van der Waals surface area (Å²) in [6, 6.07) is 4.94. The molecule has 1 aliphatic heterocycles. The van der Waals surface area contributed by atoms with Gasteiger partial charge in [0.15, 0.2) is 5.69 Å². The van der Waals surface area contributed by atoms with E-state index in [-0.39, 0.29) is 10.6 Å². The van der Waals surface area contributed by atoms with Crippen molar-refractivity contribution < 1.29 is 9.66 Å². The van der Waals surface area contributed by atoms with Gasteiger partial charge < -0.3 is 9.64 Å².